The maximum Gasteiger partial charge on any atom is 0.152 e. The summed E-state index contributed by atoms with van der Waals surface area (Å²) in [6.45, 7) is 1.32. The van der Waals surface area contributed by atoms with Gasteiger partial charge in [-0.3, -0.25) is 4.79 Å². The van der Waals surface area contributed by atoms with Crippen molar-refractivity contribution >= 4 is 17.4 Å². The molecule has 2 nitrogen and oxygen atoms in total. The van der Waals surface area contributed by atoms with Crippen LogP contribution in [0.5, 0.6) is 5.75 Å². The number of alkyl halides is 1. The highest BCUT2D eigenvalue weighted by Gasteiger charge is 2.17. The molecule has 1 unspecified atom stereocenters. The second-order valence-corrected chi connectivity index (χ2v) is 3.30. The van der Waals surface area contributed by atoms with Crippen LogP contribution in [0.25, 0.3) is 0 Å². The molecule has 14 heavy (non-hydrogen) atoms. The predicted octanol–water partition coefficient (Wildman–Crippen LogP) is 2.70. The van der Waals surface area contributed by atoms with Crippen LogP contribution in [0.2, 0.25) is 0 Å². The number of Topliss-reactive ketones (excluding diaryl/α,β-unsaturated/α-hetero) is 1. The predicted molar refractivity (Wildman–Crippen MR) is 52.2 cm³/mol. The summed E-state index contributed by atoms with van der Waals surface area (Å²) in [6.07, 6.45) is 0. The number of hydrogen-bond acceptors (Lipinski definition) is 2. The molecule has 0 radical (unpaired) electrons. The minimum absolute atomic E-state index is 0.151. The Kier molecular flexibility index (Phi) is 3.47. The summed E-state index contributed by atoms with van der Waals surface area (Å²) in [7, 11) is 1.47. The first-order valence-corrected chi connectivity index (χ1v) is 4.48. The van der Waals surface area contributed by atoms with Crippen molar-refractivity contribution in [3.63, 3.8) is 0 Å². The minimum Gasteiger partial charge on any atom is -0.497 e. The quantitative estimate of drug-likeness (QED) is 0.727. The summed E-state index contributed by atoms with van der Waals surface area (Å²) in [5, 5.41) is -0.954. The molecule has 0 aliphatic rings. The Morgan fingerprint density at radius 2 is 2.21 bits per heavy atom. The summed E-state index contributed by atoms with van der Waals surface area (Å²) in [5.41, 5.74) is 0.151. The standard InChI is InChI=1S/C10H10ClFO2/c1-6(13)10(11)8-5-7(14-2)3-4-9(8)12/h3-5,10H,1-2H3. The number of halogens is 2. The summed E-state index contributed by atoms with van der Waals surface area (Å²) in [4.78, 5) is 11.0. The fraction of sp³-hybridized carbons (Fsp3) is 0.300. The summed E-state index contributed by atoms with van der Waals surface area (Å²) >= 11 is 5.73. The topological polar surface area (TPSA) is 26.3 Å². The Morgan fingerprint density at radius 1 is 1.57 bits per heavy atom. The fourth-order valence-corrected chi connectivity index (χ4v) is 1.23. The van der Waals surface area contributed by atoms with Gasteiger partial charge in [0.25, 0.3) is 0 Å². The van der Waals surface area contributed by atoms with Gasteiger partial charge in [-0.25, -0.2) is 4.39 Å². The van der Waals surface area contributed by atoms with E-state index in [9.17, 15) is 9.18 Å². The maximum absolute atomic E-state index is 13.2. The fourth-order valence-electron chi connectivity index (χ4n) is 1.06. The molecule has 0 aliphatic carbocycles. The van der Waals surface area contributed by atoms with E-state index in [1.165, 1.54) is 32.2 Å². The van der Waals surface area contributed by atoms with Crippen molar-refractivity contribution in [1.29, 1.82) is 0 Å². The molecule has 76 valence electrons. The molecule has 0 heterocycles. The van der Waals surface area contributed by atoms with Gasteiger partial charge in [0.15, 0.2) is 5.78 Å². The Bertz CT molecular complexity index is 352. The van der Waals surface area contributed by atoms with Gasteiger partial charge in [-0.2, -0.15) is 0 Å². The van der Waals surface area contributed by atoms with E-state index in [1.54, 1.807) is 0 Å². The smallest absolute Gasteiger partial charge is 0.152 e. The van der Waals surface area contributed by atoms with Crippen LogP contribution in [-0.2, 0) is 4.79 Å². The van der Waals surface area contributed by atoms with Crippen LogP contribution in [0.4, 0.5) is 4.39 Å². The number of methoxy groups -OCH3 is 1. The normalized spacial score (nSPS) is 12.3. The van der Waals surface area contributed by atoms with Crippen LogP contribution in [-0.4, -0.2) is 12.9 Å². The second kappa shape index (κ2) is 4.42. The van der Waals surface area contributed by atoms with Gasteiger partial charge >= 0.3 is 0 Å². The highest BCUT2D eigenvalue weighted by Crippen LogP contribution is 2.27. The highest BCUT2D eigenvalue weighted by molar-refractivity contribution is 6.30. The van der Waals surface area contributed by atoms with E-state index in [0.29, 0.717) is 5.75 Å². The number of ketones is 1. The lowest BCUT2D eigenvalue weighted by Gasteiger charge is -2.08. The lowest BCUT2D eigenvalue weighted by Crippen LogP contribution is -2.04. The zero-order chi connectivity index (χ0) is 10.7. The number of rotatable bonds is 3. The Labute approximate surface area is 86.6 Å². The van der Waals surface area contributed by atoms with Gasteiger partial charge in [0, 0.05) is 5.56 Å². The average Bonchev–Trinajstić information content (AvgIpc) is 2.17. The summed E-state index contributed by atoms with van der Waals surface area (Å²) < 4.78 is 18.1. The lowest BCUT2D eigenvalue weighted by molar-refractivity contribution is -0.116. The van der Waals surface area contributed by atoms with Crippen LogP contribution in [0.1, 0.15) is 17.9 Å². The number of ether oxygens (including phenoxy) is 1. The molecule has 4 heteroatoms. The third-order valence-electron chi connectivity index (χ3n) is 1.83. The maximum atomic E-state index is 13.2. The molecule has 0 fully saturated rings. The van der Waals surface area contributed by atoms with E-state index in [4.69, 9.17) is 16.3 Å². The number of carbonyl (C=O) groups is 1. The molecule has 0 saturated carbocycles. The van der Waals surface area contributed by atoms with Gasteiger partial charge in [0.2, 0.25) is 0 Å². The molecular weight excluding hydrogens is 207 g/mol. The van der Waals surface area contributed by atoms with Crippen molar-refractivity contribution in [2.45, 2.75) is 12.3 Å². The number of carbonyl (C=O) groups excluding carboxylic acids is 1. The third kappa shape index (κ3) is 2.23. The molecule has 1 aromatic rings. The molecule has 0 spiro atoms. The highest BCUT2D eigenvalue weighted by atomic mass is 35.5. The molecule has 1 aromatic carbocycles. The van der Waals surface area contributed by atoms with Crippen LogP contribution in [0, 0.1) is 5.82 Å². The Hall–Kier alpha value is -1.09. The molecule has 1 atom stereocenters. The van der Waals surface area contributed by atoms with Crippen LogP contribution in [0.3, 0.4) is 0 Å². The van der Waals surface area contributed by atoms with Gasteiger partial charge in [-0.1, -0.05) is 0 Å². The van der Waals surface area contributed by atoms with E-state index < -0.39 is 11.2 Å². The van der Waals surface area contributed by atoms with Crippen LogP contribution >= 0.6 is 11.6 Å². The largest absolute Gasteiger partial charge is 0.497 e. The molecule has 1 rings (SSSR count). The number of hydrogen-bond donors (Lipinski definition) is 0. The lowest BCUT2D eigenvalue weighted by atomic mass is 10.1. The molecular formula is C10H10ClFO2. The summed E-state index contributed by atoms with van der Waals surface area (Å²) in [5.74, 6) is -0.312. The van der Waals surface area contributed by atoms with E-state index >= 15 is 0 Å². The third-order valence-corrected chi connectivity index (χ3v) is 2.38. The van der Waals surface area contributed by atoms with Crippen LogP contribution < -0.4 is 4.74 Å². The van der Waals surface area contributed by atoms with E-state index in [-0.39, 0.29) is 11.3 Å². The number of benzene rings is 1. The van der Waals surface area contributed by atoms with Crippen molar-refractivity contribution in [3.05, 3.63) is 29.6 Å². The second-order valence-electron chi connectivity index (χ2n) is 2.86. The van der Waals surface area contributed by atoms with Gasteiger partial charge in [-0.05, 0) is 25.1 Å². The first-order chi connectivity index (χ1) is 6.56. The van der Waals surface area contributed by atoms with Crippen molar-refractivity contribution in [3.8, 4) is 5.75 Å². The molecule has 0 bridgehead atoms. The molecule has 0 amide bonds. The van der Waals surface area contributed by atoms with Gasteiger partial charge in [-0.15, -0.1) is 11.6 Å². The molecule has 0 saturated heterocycles. The van der Waals surface area contributed by atoms with Crippen molar-refractivity contribution in [2.24, 2.45) is 0 Å². The van der Waals surface area contributed by atoms with E-state index in [2.05, 4.69) is 0 Å². The Balaban J connectivity index is 3.11. The van der Waals surface area contributed by atoms with Crippen LogP contribution in [0.15, 0.2) is 18.2 Å². The van der Waals surface area contributed by atoms with Crippen molar-refractivity contribution in [1.82, 2.24) is 0 Å². The Morgan fingerprint density at radius 3 is 2.71 bits per heavy atom. The van der Waals surface area contributed by atoms with E-state index in [1.807, 2.05) is 0 Å². The van der Waals surface area contributed by atoms with E-state index in [0.717, 1.165) is 0 Å². The van der Waals surface area contributed by atoms with Gasteiger partial charge in [0.05, 0.1) is 7.11 Å². The average molecular weight is 217 g/mol. The SMILES string of the molecule is COc1ccc(F)c(C(Cl)C(C)=O)c1. The zero-order valence-corrected chi connectivity index (χ0v) is 8.64. The van der Waals surface area contributed by atoms with Gasteiger partial charge < -0.3 is 4.74 Å². The van der Waals surface area contributed by atoms with Crippen molar-refractivity contribution < 1.29 is 13.9 Å². The van der Waals surface area contributed by atoms with Gasteiger partial charge in [0.1, 0.15) is 16.9 Å². The van der Waals surface area contributed by atoms with Crippen molar-refractivity contribution in [2.75, 3.05) is 7.11 Å². The first-order valence-electron chi connectivity index (χ1n) is 4.04. The first kappa shape index (κ1) is 11.0. The minimum atomic E-state index is -0.954. The summed E-state index contributed by atoms with van der Waals surface area (Å²) in [6, 6.07) is 4.13. The monoisotopic (exact) mass is 216 g/mol. The molecule has 0 N–H and O–H groups in total. The zero-order valence-electron chi connectivity index (χ0n) is 7.88. The molecule has 0 aliphatic heterocycles. The molecule has 0 aromatic heterocycles.